The summed E-state index contributed by atoms with van der Waals surface area (Å²) in [5.41, 5.74) is 2.36. The van der Waals surface area contributed by atoms with Gasteiger partial charge >= 0.3 is 6.03 Å². The number of hydrogen-bond acceptors (Lipinski definition) is 5. The molecule has 0 unspecified atom stereocenters. The molecule has 1 aliphatic carbocycles. The van der Waals surface area contributed by atoms with Gasteiger partial charge in [0.1, 0.15) is 0 Å². The van der Waals surface area contributed by atoms with Gasteiger partial charge in [-0.15, -0.1) is 0 Å². The molecule has 0 bridgehead atoms. The zero-order chi connectivity index (χ0) is 19.9. The number of benzene rings is 1. The van der Waals surface area contributed by atoms with Crippen LogP contribution in [0.3, 0.4) is 0 Å². The fourth-order valence-corrected chi connectivity index (χ4v) is 3.96. The van der Waals surface area contributed by atoms with Crippen molar-refractivity contribution >= 4 is 11.9 Å². The van der Waals surface area contributed by atoms with E-state index >= 15 is 0 Å². The molecule has 2 N–H and O–H groups in total. The van der Waals surface area contributed by atoms with Crippen molar-refractivity contribution in [2.75, 3.05) is 26.3 Å². The second-order valence-corrected chi connectivity index (χ2v) is 7.40. The van der Waals surface area contributed by atoms with Gasteiger partial charge < -0.3 is 14.8 Å². The second kappa shape index (κ2) is 9.78. The molecule has 0 radical (unpaired) electrons. The lowest BCUT2D eigenvalue weighted by Gasteiger charge is -2.29. The van der Waals surface area contributed by atoms with Crippen LogP contribution in [0.2, 0.25) is 0 Å². The third-order valence-corrected chi connectivity index (χ3v) is 5.27. The standard InChI is InChI=1S/C21H31N3O4/c1-3-27-18-11-15-9-10-24(13-16(15)12-19(18)28-4-2)14-20(25)23-21(26)22-17-7-5-6-8-17/h11-12,17H,3-10,13-14H2,1-2H3,(H2,22,23,25,26). The molecule has 1 saturated carbocycles. The molecular weight excluding hydrogens is 358 g/mol. The lowest BCUT2D eigenvalue weighted by atomic mass is 9.99. The number of nitrogens with one attached hydrogen (secondary N) is 2. The van der Waals surface area contributed by atoms with E-state index in [2.05, 4.69) is 21.6 Å². The summed E-state index contributed by atoms with van der Waals surface area (Å²) in [6.45, 7) is 6.69. The first-order valence-electron chi connectivity index (χ1n) is 10.3. The van der Waals surface area contributed by atoms with Crippen molar-refractivity contribution in [1.29, 1.82) is 0 Å². The van der Waals surface area contributed by atoms with Crippen LogP contribution in [0.5, 0.6) is 11.5 Å². The fraction of sp³-hybridized carbons (Fsp3) is 0.619. The Labute approximate surface area is 166 Å². The topological polar surface area (TPSA) is 79.9 Å². The summed E-state index contributed by atoms with van der Waals surface area (Å²) in [5.74, 6) is 1.25. The average Bonchev–Trinajstić information content (AvgIpc) is 3.15. The third kappa shape index (κ3) is 5.38. The van der Waals surface area contributed by atoms with Crippen LogP contribution in [0, 0.1) is 0 Å². The number of ether oxygens (including phenoxy) is 2. The van der Waals surface area contributed by atoms with E-state index < -0.39 is 0 Å². The van der Waals surface area contributed by atoms with Crippen molar-refractivity contribution in [2.45, 2.75) is 58.5 Å². The minimum atomic E-state index is -0.380. The van der Waals surface area contributed by atoms with Gasteiger partial charge in [0.25, 0.3) is 0 Å². The molecule has 0 saturated heterocycles. The van der Waals surface area contributed by atoms with Crippen LogP contribution in [-0.4, -0.2) is 49.2 Å². The van der Waals surface area contributed by atoms with E-state index in [0.29, 0.717) is 19.8 Å². The molecule has 1 fully saturated rings. The molecule has 154 valence electrons. The zero-order valence-corrected chi connectivity index (χ0v) is 16.9. The number of nitrogens with zero attached hydrogens (tertiary/aromatic N) is 1. The molecule has 2 aliphatic rings. The van der Waals surface area contributed by atoms with Crippen LogP contribution in [-0.2, 0) is 17.8 Å². The summed E-state index contributed by atoms with van der Waals surface area (Å²) >= 11 is 0. The van der Waals surface area contributed by atoms with Gasteiger partial charge in [-0.25, -0.2) is 4.79 Å². The summed E-state index contributed by atoms with van der Waals surface area (Å²) in [6, 6.07) is 3.89. The normalized spacial score (nSPS) is 17.1. The van der Waals surface area contributed by atoms with E-state index in [9.17, 15) is 9.59 Å². The SMILES string of the molecule is CCOc1cc2c(cc1OCC)CN(CC(=O)NC(=O)NC1CCCC1)CC2. The highest BCUT2D eigenvalue weighted by atomic mass is 16.5. The van der Waals surface area contributed by atoms with E-state index in [0.717, 1.165) is 55.7 Å². The largest absolute Gasteiger partial charge is 0.490 e. The summed E-state index contributed by atoms with van der Waals surface area (Å²) in [4.78, 5) is 26.3. The second-order valence-electron chi connectivity index (χ2n) is 7.40. The van der Waals surface area contributed by atoms with Crippen molar-refractivity contribution in [2.24, 2.45) is 0 Å². The van der Waals surface area contributed by atoms with Gasteiger partial charge in [0, 0.05) is 19.1 Å². The Balaban J connectivity index is 1.55. The van der Waals surface area contributed by atoms with Crippen LogP contribution in [0.25, 0.3) is 0 Å². The van der Waals surface area contributed by atoms with Gasteiger partial charge in [0.05, 0.1) is 19.8 Å². The lowest BCUT2D eigenvalue weighted by Crippen LogP contribution is -2.47. The van der Waals surface area contributed by atoms with Crippen molar-refractivity contribution < 1.29 is 19.1 Å². The van der Waals surface area contributed by atoms with E-state index in [1.54, 1.807) is 0 Å². The molecule has 0 aromatic heterocycles. The van der Waals surface area contributed by atoms with Crippen LogP contribution in [0.1, 0.15) is 50.7 Å². The predicted molar refractivity (Wildman–Crippen MR) is 107 cm³/mol. The Morgan fingerprint density at radius 1 is 1.07 bits per heavy atom. The molecule has 7 heteroatoms. The first-order chi connectivity index (χ1) is 13.6. The van der Waals surface area contributed by atoms with Crippen molar-refractivity contribution in [3.8, 4) is 11.5 Å². The summed E-state index contributed by atoms with van der Waals surface area (Å²) in [7, 11) is 0. The van der Waals surface area contributed by atoms with Gasteiger partial charge in [-0.2, -0.15) is 0 Å². The number of carbonyl (C=O) groups excluding carboxylic acids is 2. The summed E-state index contributed by atoms with van der Waals surface area (Å²) in [6.07, 6.45) is 5.11. The molecule has 28 heavy (non-hydrogen) atoms. The quantitative estimate of drug-likeness (QED) is 0.749. The molecule has 1 heterocycles. The van der Waals surface area contributed by atoms with Crippen LogP contribution in [0.4, 0.5) is 4.79 Å². The average molecular weight is 389 g/mol. The molecule has 0 atom stereocenters. The number of carbonyl (C=O) groups is 2. The highest BCUT2D eigenvalue weighted by Crippen LogP contribution is 2.33. The maximum absolute atomic E-state index is 12.3. The van der Waals surface area contributed by atoms with Gasteiger partial charge in [-0.1, -0.05) is 12.8 Å². The molecule has 0 spiro atoms. The number of hydrogen-bond donors (Lipinski definition) is 2. The van der Waals surface area contributed by atoms with Crippen molar-refractivity contribution in [1.82, 2.24) is 15.5 Å². The Morgan fingerprint density at radius 2 is 1.71 bits per heavy atom. The number of fused-ring (bicyclic) bond motifs is 1. The third-order valence-electron chi connectivity index (χ3n) is 5.27. The van der Waals surface area contributed by atoms with Crippen LogP contribution in [0.15, 0.2) is 12.1 Å². The first-order valence-corrected chi connectivity index (χ1v) is 10.3. The number of rotatable bonds is 7. The lowest BCUT2D eigenvalue weighted by molar-refractivity contribution is -0.121. The Kier molecular flexibility index (Phi) is 7.14. The Hall–Kier alpha value is -2.28. The van der Waals surface area contributed by atoms with Gasteiger partial charge in [-0.3, -0.25) is 15.0 Å². The molecule has 1 aromatic carbocycles. The Bertz CT molecular complexity index is 701. The molecule has 1 aromatic rings. The van der Waals surface area contributed by atoms with Crippen molar-refractivity contribution in [3.63, 3.8) is 0 Å². The van der Waals surface area contributed by atoms with Crippen LogP contribution < -0.4 is 20.1 Å². The molecular formula is C21H31N3O4. The molecule has 3 amide bonds. The zero-order valence-electron chi connectivity index (χ0n) is 16.9. The van der Waals surface area contributed by atoms with Gasteiger partial charge in [0.15, 0.2) is 11.5 Å². The first kappa shape index (κ1) is 20.5. The maximum atomic E-state index is 12.3. The maximum Gasteiger partial charge on any atom is 0.321 e. The van der Waals surface area contributed by atoms with Crippen LogP contribution >= 0.6 is 0 Å². The molecule has 7 nitrogen and oxygen atoms in total. The molecule has 3 rings (SSSR count). The number of urea groups is 1. The highest BCUT2D eigenvalue weighted by molar-refractivity contribution is 5.95. The summed E-state index contributed by atoms with van der Waals surface area (Å²) in [5, 5.41) is 5.34. The number of amides is 3. The number of imide groups is 1. The van der Waals surface area contributed by atoms with E-state index in [1.165, 1.54) is 5.56 Å². The summed E-state index contributed by atoms with van der Waals surface area (Å²) < 4.78 is 11.4. The minimum Gasteiger partial charge on any atom is -0.490 e. The predicted octanol–water partition coefficient (Wildman–Crippen LogP) is 2.61. The van der Waals surface area contributed by atoms with Crippen molar-refractivity contribution in [3.05, 3.63) is 23.3 Å². The Morgan fingerprint density at radius 3 is 2.36 bits per heavy atom. The van der Waals surface area contributed by atoms with E-state index in [1.807, 2.05) is 19.9 Å². The molecule has 1 aliphatic heterocycles. The minimum absolute atomic E-state index is 0.200. The highest BCUT2D eigenvalue weighted by Gasteiger charge is 2.23. The van der Waals surface area contributed by atoms with Gasteiger partial charge in [0.2, 0.25) is 5.91 Å². The fourth-order valence-electron chi connectivity index (χ4n) is 3.96. The smallest absolute Gasteiger partial charge is 0.321 e. The van der Waals surface area contributed by atoms with E-state index in [-0.39, 0.29) is 24.5 Å². The van der Waals surface area contributed by atoms with Gasteiger partial charge in [-0.05, 0) is 56.4 Å². The monoisotopic (exact) mass is 389 g/mol. The van der Waals surface area contributed by atoms with E-state index in [4.69, 9.17) is 9.47 Å².